The molecule has 5 nitrogen and oxygen atoms in total. The lowest BCUT2D eigenvalue weighted by atomic mass is 10.2. The van der Waals surface area contributed by atoms with Crippen molar-refractivity contribution in [1.82, 2.24) is 20.0 Å². The van der Waals surface area contributed by atoms with Crippen molar-refractivity contribution >= 4 is 11.3 Å². The molecule has 7 heteroatoms. The fraction of sp³-hybridized carbons (Fsp3) is 0.190. The number of aryl methyl sites for hydroxylation is 2. The predicted molar refractivity (Wildman–Crippen MR) is 107 cm³/mol. The average Bonchev–Trinajstić information content (AvgIpc) is 3.30. The molecule has 0 spiro atoms. The second kappa shape index (κ2) is 7.61. The molecule has 0 radical (unpaired) electrons. The van der Waals surface area contributed by atoms with E-state index in [-0.39, 0.29) is 12.4 Å². The van der Waals surface area contributed by atoms with E-state index in [2.05, 4.69) is 27.4 Å². The molecule has 0 amide bonds. The molecule has 1 N–H and O–H groups in total. The Bertz CT molecular complexity index is 1090. The summed E-state index contributed by atoms with van der Waals surface area (Å²) in [5.74, 6) is -0.295. The summed E-state index contributed by atoms with van der Waals surface area (Å²) in [6, 6.07) is 14.3. The minimum absolute atomic E-state index is 0.268. The van der Waals surface area contributed by atoms with Gasteiger partial charge in [0, 0.05) is 11.1 Å². The van der Waals surface area contributed by atoms with Crippen LogP contribution in [0.3, 0.4) is 0 Å². The fourth-order valence-electron chi connectivity index (χ4n) is 2.94. The summed E-state index contributed by atoms with van der Waals surface area (Å²) in [5, 5.41) is 19.8. The Hall–Kier alpha value is -2.90. The van der Waals surface area contributed by atoms with Crippen LogP contribution >= 0.6 is 11.3 Å². The summed E-state index contributed by atoms with van der Waals surface area (Å²) in [6.45, 7) is 4.22. The minimum atomic E-state index is -0.737. The van der Waals surface area contributed by atoms with Gasteiger partial charge in [0.15, 0.2) is 0 Å². The van der Waals surface area contributed by atoms with Gasteiger partial charge in [-0.15, -0.1) is 16.4 Å². The number of nitrogens with zero attached hydrogens (tertiary/aromatic N) is 4. The van der Waals surface area contributed by atoms with Crippen LogP contribution in [-0.2, 0) is 6.54 Å². The molecule has 2 heterocycles. The molecule has 0 fully saturated rings. The Kier molecular flexibility index (Phi) is 5.02. The number of halogens is 1. The predicted octanol–water partition coefficient (Wildman–Crippen LogP) is 4.56. The zero-order chi connectivity index (χ0) is 19.7. The van der Waals surface area contributed by atoms with Crippen LogP contribution in [0, 0.1) is 19.7 Å². The molecule has 1 atom stereocenters. The molecule has 1 unspecified atom stereocenters. The molecule has 2 aromatic heterocycles. The Morgan fingerprint density at radius 2 is 1.71 bits per heavy atom. The van der Waals surface area contributed by atoms with E-state index in [0.29, 0.717) is 5.69 Å². The maximum absolute atomic E-state index is 13.1. The van der Waals surface area contributed by atoms with Gasteiger partial charge in [0.05, 0.1) is 23.3 Å². The highest BCUT2D eigenvalue weighted by atomic mass is 32.1. The van der Waals surface area contributed by atoms with Gasteiger partial charge in [-0.25, -0.2) is 14.1 Å². The van der Waals surface area contributed by atoms with Crippen LogP contribution in [0.1, 0.15) is 22.2 Å². The van der Waals surface area contributed by atoms with E-state index in [1.54, 1.807) is 23.0 Å². The van der Waals surface area contributed by atoms with Crippen molar-refractivity contribution in [2.75, 3.05) is 0 Å². The summed E-state index contributed by atoms with van der Waals surface area (Å²) in [5.41, 5.74) is 4.45. The van der Waals surface area contributed by atoms with Gasteiger partial charge < -0.3 is 5.11 Å². The Labute approximate surface area is 166 Å². The summed E-state index contributed by atoms with van der Waals surface area (Å²) in [7, 11) is 0. The van der Waals surface area contributed by atoms with Gasteiger partial charge in [-0.05, 0) is 38.1 Å². The number of aromatic nitrogens is 4. The molecular formula is C21H19FN4OS. The van der Waals surface area contributed by atoms with Gasteiger partial charge >= 0.3 is 0 Å². The molecule has 0 aliphatic heterocycles. The highest BCUT2D eigenvalue weighted by molar-refractivity contribution is 7.15. The Morgan fingerprint density at radius 3 is 2.43 bits per heavy atom. The molecule has 4 aromatic rings. The normalized spacial score (nSPS) is 12.3. The highest BCUT2D eigenvalue weighted by Crippen LogP contribution is 2.32. The molecule has 0 aliphatic rings. The first-order chi connectivity index (χ1) is 13.5. The molecule has 4 rings (SSSR count). The van der Waals surface area contributed by atoms with Crippen molar-refractivity contribution < 1.29 is 9.50 Å². The van der Waals surface area contributed by atoms with Crippen molar-refractivity contribution in [2.45, 2.75) is 26.5 Å². The van der Waals surface area contributed by atoms with E-state index in [0.717, 1.165) is 26.7 Å². The number of aliphatic hydroxyl groups is 1. The maximum Gasteiger partial charge on any atom is 0.123 e. The van der Waals surface area contributed by atoms with Crippen LogP contribution < -0.4 is 0 Å². The van der Waals surface area contributed by atoms with Crippen molar-refractivity contribution in [3.05, 3.63) is 76.7 Å². The van der Waals surface area contributed by atoms with E-state index < -0.39 is 6.10 Å². The van der Waals surface area contributed by atoms with Crippen LogP contribution in [-0.4, -0.2) is 25.1 Å². The van der Waals surface area contributed by atoms with Crippen molar-refractivity contribution in [3.63, 3.8) is 0 Å². The third-order valence-corrected chi connectivity index (χ3v) is 5.78. The van der Waals surface area contributed by atoms with Gasteiger partial charge in [-0.3, -0.25) is 0 Å². The molecule has 142 valence electrons. The third kappa shape index (κ3) is 3.85. The van der Waals surface area contributed by atoms with E-state index in [1.807, 2.05) is 26.0 Å². The lowest BCUT2D eigenvalue weighted by Gasteiger charge is -2.08. The summed E-state index contributed by atoms with van der Waals surface area (Å²) in [4.78, 5) is 5.43. The molecule has 0 bridgehead atoms. The third-order valence-electron chi connectivity index (χ3n) is 4.47. The van der Waals surface area contributed by atoms with E-state index in [1.165, 1.54) is 29.0 Å². The van der Waals surface area contributed by atoms with Gasteiger partial charge in [-0.1, -0.05) is 35.0 Å². The van der Waals surface area contributed by atoms with Crippen molar-refractivity contribution in [1.29, 1.82) is 0 Å². The van der Waals surface area contributed by atoms with Crippen molar-refractivity contribution in [3.8, 4) is 21.8 Å². The lowest BCUT2D eigenvalue weighted by molar-refractivity contribution is 0.153. The van der Waals surface area contributed by atoms with Crippen molar-refractivity contribution in [2.24, 2.45) is 0 Å². The van der Waals surface area contributed by atoms with Crippen LogP contribution in [0.5, 0.6) is 0 Å². The first-order valence-corrected chi connectivity index (χ1v) is 9.70. The van der Waals surface area contributed by atoms with Gasteiger partial charge in [-0.2, -0.15) is 0 Å². The monoisotopic (exact) mass is 394 g/mol. The second-order valence-electron chi connectivity index (χ2n) is 6.68. The number of hydrogen-bond acceptors (Lipinski definition) is 5. The first-order valence-electron chi connectivity index (χ1n) is 8.88. The van der Waals surface area contributed by atoms with Crippen LogP contribution in [0.15, 0.2) is 54.7 Å². The lowest BCUT2D eigenvalue weighted by Crippen LogP contribution is -2.09. The number of aliphatic hydroxyl groups excluding tert-OH is 1. The standard InChI is InChI=1S/C21H19FN4OS/c1-13-3-5-16(6-4-13)21-23-14(2)20(28-21)19(27)12-26-11-18(24-25-26)15-7-9-17(22)10-8-15/h3-11,19,27H,12H2,1-2H3. The van der Waals surface area contributed by atoms with Crippen LogP contribution in [0.4, 0.5) is 4.39 Å². The number of rotatable bonds is 5. The van der Waals surface area contributed by atoms with E-state index in [4.69, 9.17) is 0 Å². The topological polar surface area (TPSA) is 63.8 Å². The molecular weight excluding hydrogens is 375 g/mol. The smallest absolute Gasteiger partial charge is 0.123 e. The van der Waals surface area contributed by atoms with Gasteiger partial charge in [0.1, 0.15) is 22.6 Å². The molecule has 2 aromatic carbocycles. The second-order valence-corrected chi connectivity index (χ2v) is 7.71. The molecule has 0 aliphatic carbocycles. The first kappa shape index (κ1) is 18.5. The van der Waals surface area contributed by atoms with Crippen LogP contribution in [0.2, 0.25) is 0 Å². The molecule has 28 heavy (non-hydrogen) atoms. The number of thiazole rings is 1. The van der Waals surface area contributed by atoms with Crippen LogP contribution in [0.25, 0.3) is 21.8 Å². The quantitative estimate of drug-likeness (QED) is 0.539. The summed E-state index contributed by atoms with van der Waals surface area (Å²) in [6.07, 6.45) is 1.01. The minimum Gasteiger partial charge on any atom is -0.386 e. The van der Waals surface area contributed by atoms with Gasteiger partial charge in [0.2, 0.25) is 0 Å². The van der Waals surface area contributed by atoms with Gasteiger partial charge in [0.25, 0.3) is 0 Å². The van der Waals surface area contributed by atoms with E-state index in [9.17, 15) is 9.50 Å². The fourth-order valence-corrected chi connectivity index (χ4v) is 3.99. The zero-order valence-electron chi connectivity index (χ0n) is 15.5. The SMILES string of the molecule is Cc1ccc(-c2nc(C)c(C(O)Cn3cc(-c4ccc(F)cc4)nn3)s2)cc1. The van der Waals surface area contributed by atoms with E-state index >= 15 is 0 Å². The zero-order valence-corrected chi connectivity index (χ0v) is 16.3. The molecule has 0 saturated heterocycles. The Balaban J connectivity index is 1.52. The summed E-state index contributed by atoms with van der Waals surface area (Å²) < 4.78 is 14.7. The highest BCUT2D eigenvalue weighted by Gasteiger charge is 2.18. The largest absolute Gasteiger partial charge is 0.386 e. The maximum atomic E-state index is 13.1. The average molecular weight is 394 g/mol. The number of hydrogen-bond donors (Lipinski definition) is 1. The number of benzene rings is 2. The molecule has 0 saturated carbocycles. The summed E-state index contributed by atoms with van der Waals surface area (Å²) >= 11 is 1.49. The Morgan fingerprint density at radius 1 is 1.04 bits per heavy atom.